The van der Waals surface area contributed by atoms with E-state index in [4.69, 9.17) is 11.2 Å². The van der Waals surface area contributed by atoms with Crippen molar-refractivity contribution in [3.05, 3.63) is 121 Å². The van der Waals surface area contributed by atoms with Gasteiger partial charge >= 0.3 is 0 Å². The van der Waals surface area contributed by atoms with Crippen LogP contribution in [0.3, 0.4) is 0 Å². The van der Waals surface area contributed by atoms with Gasteiger partial charge in [-0.25, -0.2) is 16.8 Å². The minimum atomic E-state index is -4.51. The van der Waals surface area contributed by atoms with Crippen molar-refractivity contribution in [3.63, 3.8) is 0 Å². The summed E-state index contributed by atoms with van der Waals surface area (Å²) in [6, 6.07) is 32.2. The molecule has 0 atom stereocenters. The summed E-state index contributed by atoms with van der Waals surface area (Å²) in [5.74, 6) is 0. The highest BCUT2D eigenvalue weighted by Crippen LogP contribution is 2.55. The van der Waals surface area contributed by atoms with Gasteiger partial charge in [-0.1, -0.05) is 108 Å². The van der Waals surface area contributed by atoms with E-state index in [0.717, 1.165) is 0 Å². The molecule has 4 nitrogen and oxygen atoms in total. The van der Waals surface area contributed by atoms with Gasteiger partial charge in [0.1, 0.15) is 0 Å². The van der Waals surface area contributed by atoms with Crippen molar-refractivity contribution >= 4 is 51.7 Å². The Morgan fingerprint density at radius 3 is 1.06 bits per heavy atom. The summed E-state index contributed by atoms with van der Waals surface area (Å²) in [5.41, 5.74) is 0. The van der Waals surface area contributed by atoms with Crippen molar-refractivity contribution in [2.24, 2.45) is 0 Å². The maximum absolute atomic E-state index is 14.1. The van der Waals surface area contributed by atoms with Crippen LogP contribution in [0.25, 0.3) is 0 Å². The molecule has 0 spiro atoms. The first kappa shape index (κ1) is 23.5. The molecule has 33 heavy (non-hydrogen) atoms. The molecular weight excluding hydrogens is 495 g/mol. The third-order valence-corrected chi connectivity index (χ3v) is 17.0. The highest BCUT2D eigenvalue weighted by molar-refractivity contribution is 8.44. The number of halogens is 1. The Morgan fingerprint density at radius 2 is 0.758 bits per heavy atom. The first-order chi connectivity index (χ1) is 15.8. The van der Waals surface area contributed by atoms with Crippen LogP contribution in [-0.4, -0.2) is 20.8 Å². The van der Waals surface area contributed by atoms with E-state index in [0.29, 0.717) is 10.6 Å². The van der Waals surface area contributed by atoms with Crippen molar-refractivity contribution in [2.45, 2.75) is 9.79 Å². The van der Waals surface area contributed by atoms with Crippen LogP contribution in [0.2, 0.25) is 0 Å². The Morgan fingerprint density at radius 1 is 0.485 bits per heavy atom. The van der Waals surface area contributed by atoms with Crippen LogP contribution in [-0.2, 0) is 19.7 Å². The van der Waals surface area contributed by atoms with E-state index in [1.165, 1.54) is 24.3 Å². The van der Waals surface area contributed by atoms with E-state index in [2.05, 4.69) is 0 Å². The normalized spacial score (nSPS) is 12.3. The SMILES string of the molecule is O=S(=O)(C(=P(Cl)(c1ccccc1)c1ccccc1)S(=O)(=O)c1ccccc1)c1ccccc1. The Hall–Kier alpha value is -2.63. The topological polar surface area (TPSA) is 68.3 Å². The highest BCUT2D eigenvalue weighted by Gasteiger charge is 2.43. The fourth-order valence-corrected chi connectivity index (χ4v) is 15.4. The van der Waals surface area contributed by atoms with E-state index in [1.807, 2.05) is 0 Å². The van der Waals surface area contributed by atoms with Gasteiger partial charge in [-0.3, -0.25) is 0 Å². The summed E-state index contributed by atoms with van der Waals surface area (Å²) in [5, 5.41) is 0.874. The smallest absolute Gasteiger partial charge is 0.218 e. The second-order valence-electron chi connectivity index (χ2n) is 7.16. The molecule has 0 saturated carbocycles. The van der Waals surface area contributed by atoms with Crippen molar-refractivity contribution in [1.82, 2.24) is 0 Å². The summed E-state index contributed by atoms with van der Waals surface area (Å²) in [7, 11) is -9.03. The average Bonchev–Trinajstić information content (AvgIpc) is 2.86. The zero-order valence-electron chi connectivity index (χ0n) is 17.3. The van der Waals surface area contributed by atoms with Gasteiger partial charge in [0.25, 0.3) is 0 Å². The molecule has 0 amide bonds. The Labute approximate surface area is 199 Å². The lowest BCUT2D eigenvalue weighted by molar-refractivity contribution is 0.603. The third kappa shape index (κ3) is 4.32. The lowest BCUT2D eigenvalue weighted by atomic mass is 10.4. The predicted octanol–water partition coefficient (Wildman–Crippen LogP) is 4.84. The molecule has 4 aromatic rings. The molecule has 0 fully saturated rings. The van der Waals surface area contributed by atoms with Crippen LogP contribution in [0.1, 0.15) is 0 Å². The average molecular weight is 515 g/mol. The van der Waals surface area contributed by atoms with Crippen molar-refractivity contribution in [3.8, 4) is 0 Å². The predicted molar refractivity (Wildman–Crippen MR) is 137 cm³/mol. The molecule has 0 unspecified atom stereocenters. The lowest BCUT2D eigenvalue weighted by Crippen LogP contribution is -2.31. The molecule has 4 aromatic carbocycles. The molecule has 0 radical (unpaired) electrons. The second-order valence-corrected chi connectivity index (χ2v) is 16.0. The second kappa shape index (κ2) is 9.32. The molecule has 0 aromatic heterocycles. The van der Waals surface area contributed by atoms with Gasteiger partial charge in [0.05, 0.1) is 16.0 Å². The van der Waals surface area contributed by atoms with Gasteiger partial charge in [0, 0.05) is 0 Å². The molecule has 168 valence electrons. The summed E-state index contributed by atoms with van der Waals surface area (Å²) < 4.78 is 55.6. The number of sulfone groups is 2. The molecule has 0 bridgehead atoms. The van der Waals surface area contributed by atoms with E-state index in [9.17, 15) is 16.8 Å². The van der Waals surface area contributed by atoms with E-state index >= 15 is 0 Å². The van der Waals surface area contributed by atoms with Gasteiger partial charge in [-0.2, -0.15) is 0 Å². The minimum absolute atomic E-state index is 0.128. The highest BCUT2D eigenvalue weighted by atomic mass is 35.7. The summed E-state index contributed by atoms with van der Waals surface area (Å²) in [6.07, 6.45) is -3.65. The molecule has 4 rings (SSSR count). The summed E-state index contributed by atoms with van der Waals surface area (Å²) in [4.78, 5) is -0.257. The Kier molecular flexibility index (Phi) is 6.64. The quantitative estimate of drug-likeness (QED) is 0.345. The van der Waals surface area contributed by atoms with Crippen LogP contribution >= 0.6 is 17.5 Å². The van der Waals surface area contributed by atoms with Crippen LogP contribution in [0.4, 0.5) is 0 Å². The number of hydrogen-bond donors (Lipinski definition) is 0. The van der Waals surface area contributed by atoms with E-state index in [-0.39, 0.29) is 9.79 Å². The fraction of sp³-hybridized carbons (Fsp3) is 0. The van der Waals surface area contributed by atoms with Gasteiger partial charge < -0.3 is 0 Å². The molecule has 0 heterocycles. The number of hydrogen-bond acceptors (Lipinski definition) is 4. The first-order valence-electron chi connectivity index (χ1n) is 9.97. The van der Waals surface area contributed by atoms with E-state index < -0.39 is 29.9 Å². The van der Waals surface area contributed by atoms with E-state index in [1.54, 1.807) is 97.1 Å². The Bertz CT molecular complexity index is 1410. The first-order valence-corrected chi connectivity index (χ1v) is 15.6. The number of benzene rings is 4. The monoisotopic (exact) mass is 514 g/mol. The molecule has 0 aliphatic heterocycles. The van der Waals surface area contributed by atoms with Crippen LogP contribution < -0.4 is 10.6 Å². The van der Waals surface area contributed by atoms with Crippen molar-refractivity contribution < 1.29 is 16.8 Å². The fourth-order valence-electron chi connectivity index (χ4n) is 3.50. The number of rotatable bonds is 6. The van der Waals surface area contributed by atoms with Gasteiger partial charge in [-0.05, 0) is 34.9 Å². The molecule has 0 saturated heterocycles. The zero-order valence-corrected chi connectivity index (χ0v) is 20.6. The van der Waals surface area contributed by atoms with Crippen LogP contribution in [0, 0.1) is 0 Å². The minimum Gasteiger partial charge on any atom is -0.218 e. The largest absolute Gasteiger partial charge is 0.219 e. The maximum Gasteiger partial charge on any atom is 0.219 e. The molecule has 0 aliphatic carbocycles. The van der Waals surface area contributed by atoms with Crippen LogP contribution in [0.5, 0.6) is 0 Å². The Balaban J connectivity index is 2.27. The molecular formula is C25H20ClO4PS2. The third-order valence-electron chi connectivity index (χ3n) is 5.04. The standard InChI is InChI=1S/C25H20ClO4PS2/c26-31(21-13-5-1-6-14-21,22-15-7-2-8-16-22)25(32(27,28)23-17-9-3-10-18-23)33(29,30)24-19-11-4-12-20-24/h1-20H. The zero-order chi connectivity index (χ0) is 23.5. The molecule has 0 aliphatic rings. The van der Waals surface area contributed by atoms with Crippen molar-refractivity contribution in [1.29, 1.82) is 0 Å². The molecule has 0 N–H and O–H groups in total. The van der Waals surface area contributed by atoms with Crippen LogP contribution in [0.15, 0.2) is 131 Å². The van der Waals surface area contributed by atoms with Crippen molar-refractivity contribution in [2.75, 3.05) is 0 Å². The van der Waals surface area contributed by atoms with Gasteiger partial charge in [0.2, 0.25) is 19.7 Å². The summed E-state index contributed by atoms with van der Waals surface area (Å²) >= 11 is 7.34. The van der Waals surface area contributed by atoms with Gasteiger partial charge in [-0.15, -0.1) is 0 Å². The maximum atomic E-state index is 14.1. The van der Waals surface area contributed by atoms with Gasteiger partial charge in [0.15, 0.2) is 3.96 Å². The summed E-state index contributed by atoms with van der Waals surface area (Å²) in [6.45, 7) is 0. The lowest BCUT2D eigenvalue weighted by Gasteiger charge is -2.25. The molecule has 8 heteroatoms.